The maximum absolute atomic E-state index is 12.5. The highest BCUT2D eigenvalue weighted by molar-refractivity contribution is 5.92. The second-order valence-electron chi connectivity index (χ2n) is 7.47. The number of benzene rings is 1. The van der Waals surface area contributed by atoms with E-state index in [2.05, 4.69) is 0 Å². The number of aliphatic hydroxyl groups excluding tert-OH is 1. The van der Waals surface area contributed by atoms with Gasteiger partial charge in [0.15, 0.2) is 5.43 Å². The molecule has 2 aromatic heterocycles. The molecule has 1 aliphatic heterocycles. The Morgan fingerprint density at radius 3 is 2.83 bits per heavy atom. The number of nitrogens with one attached hydrogen (secondary N) is 1. The van der Waals surface area contributed by atoms with Gasteiger partial charge < -0.3 is 28.7 Å². The van der Waals surface area contributed by atoms with Crippen molar-refractivity contribution in [2.24, 2.45) is 0 Å². The van der Waals surface area contributed by atoms with Gasteiger partial charge in [-0.1, -0.05) is 0 Å². The summed E-state index contributed by atoms with van der Waals surface area (Å²) in [7, 11) is 1.98. The molecule has 0 amide bonds. The second-order valence-corrected chi connectivity index (χ2v) is 7.47. The lowest BCUT2D eigenvalue weighted by molar-refractivity contribution is -0.888. The third-order valence-electron chi connectivity index (χ3n) is 5.30. The molecule has 0 aliphatic carbocycles. The number of likely N-dealkylation sites (N-methyl/N-ethyl adjacent to an activating group) is 1. The van der Waals surface area contributed by atoms with Gasteiger partial charge in [-0.15, -0.1) is 0 Å². The monoisotopic (exact) mass is 400 g/mol. The van der Waals surface area contributed by atoms with Crippen molar-refractivity contribution in [1.29, 1.82) is 0 Å². The lowest BCUT2D eigenvalue weighted by Gasteiger charge is -2.32. The highest BCUT2D eigenvalue weighted by Crippen LogP contribution is 2.41. The summed E-state index contributed by atoms with van der Waals surface area (Å²) in [6, 6.07) is 5.53. The number of rotatable bonds is 3. The minimum atomic E-state index is -0.752. The number of aryl methyl sites for hydroxylation is 1. The molecule has 1 saturated heterocycles. The minimum absolute atomic E-state index is 0.00173. The van der Waals surface area contributed by atoms with Gasteiger partial charge in [0.25, 0.3) is 0 Å². The molecular weight excluding hydrogens is 378 g/mol. The molecule has 8 heteroatoms. The Bertz CT molecular complexity index is 1120. The number of phenols is 1. The van der Waals surface area contributed by atoms with E-state index in [-0.39, 0.29) is 28.2 Å². The summed E-state index contributed by atoms with van der Waals surface area (Å²) in [6.07, 6.45) is 1.21. The fraction of sp³-hybridized carbons (Fsp3) is 0.333. The molecule has 0 saturated carbocycles. The molecule has 1 aromatic carbocycles. The number of phenolic OH excluding ortho intramolecular Hbond substituents is 1. The van der Waals surface area contributed by atoms with E-state index < -0.39 is 23.4 Å². The van der Waals surface area contributed by atoms with Crippen LogP contribution in [0.3, 0.4) is 0 Å². The molecule has 0 radical (unpaired) electrons. The van der Waals surface area contributed by atoms with E-state index in [1.807, 2.05) is 7.05 Å². The smallest absolute Gasteiger partial charge is 0.379 e. The van der Waals surface area contributed by atoms with Gasteiger partial charge >= 0.3 is 5.97 Å². The molecule has 3 heterocycles. The molecule has 3 aromatic rings. The minimum Gasteiger partial charge on any atom is -0.507 e. The predicted octanol–water partition coefficient (Wildman–Crippen LogP) is 0.982. The lowest BCUT2D eigenvalue weighted by Crippen LogP contribution is -3.11. The van der Waals surface area contributed by atoms with Crippen molar-refractivity contribution in [1.82, 2.24) is 0 Å². The van der Waals surface area contributed by atoms with Crippen LogP contribution in [0.2, 0.25) is 0 Å². The van der Waals surface area contributed by atoms with Gasteiger partial charge in [0.05, 0.1) is 19.9 Å². The van der Waals surface area contributed by atoms with Crippen molar-refractivity contribution in [3.63, 3.8) is 0 Å². The summed E-state index contributed by atoms with van der Waals surface area (Å²) in [4.78, 5) is 26.1. The summed E-state index contributed by atoms with van der Waals surface area (Å²) in [5.41, 5.74) is 0.124. The fourth-order valence-electron chi connectivity index (χ4n) is 3.94. The Morgan fingerprint density at radius 2 is 2.14 bits per heavy atom. The molecule has 29 heavy (non-hydrogen) atoms. The first-order valence-electron chi connectivity index (χ1n) is 9.40. The van der Waals surface area contributed by atoms with Crippen LogP contribution in [0, 0.1) is 6.92 Å². The number of piperidine rings is 1. The number of hydrogen-bond acceptors (Lipinski definition) is 7. The topological polar surface area (TPSA) is 115 Å². The standard InChI is InChI=1S/C21H21NO7/c1-11-8-13(23)19-14(24)9-17(29-21(26)16-4-3-7-27-16)18(20(19)28-11)12-5-6-22(2)10-15(12)25/h3-4,7-9,12,15,24-25H,5-6,10H2,1-2H3/p+1. The fourth-order valence-corrected chi connectivity index (χ4v) is 3.94. The van der Waals surface area contributed by atoms with Gasteiger partial charge in [-0.25, -0.2) is 4.79 Å². The zero-order valence-corrected chi connectivity index (χ0v) is 16.1. The quantitative estimate of drug-likeness (QED) is 0.444. The number of likely N-dealkylation sites (tertiary alicyclic amines) is 1. The van der Waals surface area contributed by atoms with Crippen LogP contribution in [0.25, 0.3) is 11.0 Å². The predicted molar refractivity (Wildman–Crippen MR) is 103 cm³/mol. The molecule has 3 N–H and O–H groups in total. The Labute approximate surface area is 165 Å². The zero-order chi connectivity index (χ0) is 20.7. The molecule has 1 aliphatic rings. The largest absolute Gasteiger partial charge is 0.507 e. The van der Waals surface area contributed by atoms with E-state index in [1.165, 1.54) is 29.4 Å². The zero-order valence-electron chi connectivity index (χ0n) is 16.1. The van der Waals surface area contributed by atoms with Crippen LogP contribution in [-0.2, 0) is 0 Å². The number of quaternary nitrogens is 1. The molecule has 0 bridgehead atoms. The number of esters is 1. The van der Waals surface area contributed by atoms with E-state index in [4.69, 9.17) is 13.6 Å². The van der Waals surface area contributed by atoms with E-state index in [1.54, 1.807) is 13.0 Å². The van der Waals surface area contributed by atoms with Crippen molar-refractivity contribution < 1.29 is 33.5 Å². The van der Waals surface area contributed by atoms with Gasteiger partial charge in [0, 0.05) is 30.0 Å². The van der Waals surface area contributed by atoms with Crippen molar-refractivity contribution in [2.45, 2.75) is 25.4 Å². The Hall–Kier alpha value is -3.10. The number of ether oxygens (including phenoxy) is 1. The molecule has 3 unspecified atom stereocenters. The van der Waals surface area contributed by atoms with Crippen LogP contribution >= 0.6 is 0 Å². The first kappa shape index (κ1) is 19.2. The van der Waals surface area contributed by atoms with Gasteiger partial charge in [0.2, 0.25) is 5.76 Å². The second kappa shape index (κ2) is 7.38. The summed E-state index contributed by atoms with van der Waals surface area (Å²) >= 11 is 0. The molecule has 4 rings (SSSR count). The molecule has 8 nitrogen and oxygen atoms in total. The number of aliphatic hydroxyl groups is 1. The van der Waals surface area contributed by atoms with E-state index in [0.29, 0.717) is 24.3 Å². The summed E-state index contributed by atoms with van der Waals surface area (Å²) in [6.45, 7) is 2.90. The molecular formula is C21H22NO7+. The van der Waals surface area contributed by atoms with Crippen LogP contribution in [0.15, 0.2) is 44.2 Å². The van der Waals surface area contributed by atoms with Crippen LogP contribution in [0.1, 0.15) is 34.2 Å². The van der Waals surface area contributed by atoms with Gasteiger partial charge in [-0.2, -0.15) is 0 Å². The summed E-state index contributed by atoms with van der Waals surface area (Å²) in [5.74, 6) is -1.15. The maximum Gasteiger partial charge on any atom is 0.379 e. The number of furan rings is 1. The molecule has 152 valence electrons. The van der Waals surface area contributed by atoms with E-state index in [0.717, 1.165) is 6.54 Å². The average Bonchev–Trinajstić information content (AvgIpc) is 3.17. The van der Waals surface area contributed by atoms with Crippen molar-refractivity contribution in [3.8, 4) is 11.5 Å². The molecule has 0 spiro atoms. The van der Waals surface area contributed by atoms with Gasteiger partial charge in [0.1, 0.15) is 40.9 Å². The van der Waals surface area contributed by atoms with Crippen LogP contribution in [-0.4, -0.2) is 42.4 Å². The van der Waals surface area contributed by atoms with Crippen LogP contribution < -0.4 is 15.1 Å². The number of aromatic hydroxyl groups is 1. The highest BCUT2D eigenvalue weighted by atomic mass is 16.5. The van der Waals surface area contributed by atoms with Crippen LogP contribution in [0.5, 0.6) is 11.5 Å². The van der Waals surface area contributed by atoms with Crippen molar-refractivity contribution in [2.75, 3.05) is 20.1 Å². The van der Waals surface area contributed by atoms with Crippen molar-refractivity contribution in [3.05, 3.63) is 57.8 Å². The van der Waals surface area contributed by atoms with E-state index >= 15 is 0 Å². The first-order valence-corrected chi connectivity index (χ1v) is 9.40. The Morgan fingerprint density at radius 1 is 1.34 bits per heavy atom. The average molecular weight is 400 g/mol. The first-order chi connectivity index (χ1) is 13.8. The van der Waals surface area contributed by atoms with Crippen molar-refractivity contribution >= 4 is 16.9 Å². The summed E-state index contributed by atoms with van der Waals surface area (Å²) < 4.78 is 16.4. The Balaban J connectivity index is 1.92. The number of carbonyl (C=O) groups is 1. The molecule has 3 atom stereocenters. The number of carbonyl (C=O) groups excluding carboxylic acids is 1. The summed E-state index contributed by atoms with van der Waals surface area (Å²) in [5, 5.41) is 21.2. The third-order valence-corrected chi connectivity index (χ3v) is 5.30. The van der Waals surface area contributed by atoms with Gasteiger partial charge in [-0.05, 0) is 19.1 Å². The third kappa shape index (κ3) is 3.52. The number of hydrogen-bond donors (Lipinski definition) is 3. The maximum atomic E-state index is 12.5. The van der Waals surface area contributed by atoms with Crippen LogP contribution in [0.4, 0.5) is 0 Å². The highest BCUT2D eigenvalue weighted by Gasteiger charge is 2.36. The lowest BCUT2D eigenvalue weighted by atomic mass is 9.85. The van der Waals surface area contributed by atoms with Gasteiger partial charge in [-0.3, -0.25) is 4.79 Å². The molecule has 1 fully saturated rings. The Kier molecular flexibility index (Phi) is 4.89. The normalized spacial score (nSPS) is 22.0. The number of fused-ring (bicyclic) bond motifs is 1. The SMILES string of the molecule is Cc1cc(=O)c2c(O)cc(OC(=O)c3ccco3)c(C3CC[NH+](C)CC3O)c2o1. The van der Waals surface area contributed by atoms with E-state index in [9.17, 15) is 19.8 Å².